The van der Waals surface area contributed by atoms with Crippen molar-refractivity contribution >= 4 is 5.91 Å². The summed E-state index contributed by atoms with van der Waals surface area (Å²) in [6.45, 7) is 4.21. The van der Waals surface area contributed by atoms with E-state index >= 15 is 0 Å². The van der Waals surface area contributed by atoms with E-state index in [-0.39, 0.29) is 11.8 Å². The zero-order chi connectivity index (χ0) is 15.5. The third kappa shape index (κ3) is 4.66. The van der Waals surface area contributed by atoms with E-state index in [2.05, 4.69) is 16.8 Å². The number of nitrogens with zero attached hydrogens (tertiary/aromatic N) is 3. The molecule has 1 atom stereocenters. The molecule has 1 amide bonds. The molecule has 2 aliphatic rings. The van der Waals surface area contributed by atoms with Gasteiger partial charge in [-0.15, -0.1) is 0 Å². The number of carbonyl (C=O) groups is 1. The van der Waals surface area contributed by atoms with Crippen LogP contribution in [0.3, 0.4) is 0 Å². The monoisotopic (exact) mass is 297 g/mol. The number of β-amino-alcohol motifs (C(OH)–C–C–N with tert-alkyl or cyclic N) is 1. The molecule has 2 fully saturated rings. The first kappa shape index (κ1) is 16.7. The summed E-state index contributed by atoms with van der Waals surface area (Å²) in [6, 6.07) is 0. The molecule has 1 aliphatic heterocycles. The molecule has 0 aromatic carbocycles. The predicted octanol–water partition coefficient (Wildman–Crippen LogP) is 0.633. The molecule has 0 spiro atoms. The van der Waals surface area contributed by atoms with Crippen LogP contribution in [0.25, 0.3) is 0 Å². The van der Waals surface area contributed by atoms with E-state index in [1.807, 2.05) is 14.1 Å². The van der Waals surface area contributed by atoms with E-state index in [0.717, 1.165) is 58.4 Å². The van der Waals surface area contributed by atoms with Crippen LogP contribution in [-0.2, 0) is 4.79 Å². The number of rotatable bonds is 3. The zero-order valence-electron chi connectivity index (χ0n) is 13.8. The lowest BCUT2D eigenvalue weighted by atomic mass is 9.84. The fourth-order valence-electron chi connectivity index (χ4n) is 3.69. The van der Waals surface area contributed by atoms with Crippen molar-refractivity contribution in [2.75, 3.05) is 53.9 Å². The maximum absolute atomic E-state index is 12.3. The van der Waals surface area contributed by atoms with Crippen LogP contribution in [-0.4, -0.2) is 85.2 Å². The highest BCUT2D eigenvalue weighted by Gasteiger charge is 2.34. The average molecular weight is 297 g/mol. The van der Waals surface area contributed by atoms with Crippen molar-refractivity contribution < 1.29 is 9.90 Å². The van der Waals surface area contributed by atoms with Crippen molar-refractivity contribution in [3.8, 4) is 0 Å². The summed E-state index contributed by atoms with van der Waals surface area (Å²) in [7, 11) is 5.73. The maximum Gasteiger partial charge on any atom is 0.227 e. The van der Waals surface area contributed by atoms with Gasteiger partial charge in [0.1, 0.15) is 0 Å². The smallest absolute Gasteiger partial charge is 0.227 e. The minimum Gasteiger partial charge on any atom is -0.389 e. The summed E-state index contributed by atoms with van der Waals surface area (Å²) >= 11 is 0. The van der Waals surface area contributed by atoms with Crippen LogP contribution < -0.4 is 0 Å². The van der Waals surface area contributed by atoms with Gasteiger partial charge in [-0.3, -0.25) is 9.69 Å². The Bertz CT molecular complexity index is 353. The highest BCUT2D eigenvalue weighted by Crippen LogP contribution is 2.29. The minimum absolute atomic E-state index is 0.0136. The van der Waals surface area contributed by atoms with Gasteiger partial charge in [-0.2, -0.15) is 0 Å². The average Bonchev–Trinajstić information content (AvgIpc) is 2.60. The van der Waals surface area contributed by atoms with Gasteiger partial charge in [-0.05, 0) is 19.9 Å². The first-order valence-electron chi connectivity index (χ1n) is 8.24. The number of hydrogen-bond donors (Lipinski definition) is 1. The Kier molecular flexibility index (Phi) is 5.63. The molecule has 0 unspecified atom stereocenters. The van der Waals surface area contributed by atoms with Gasteiger partial charge in [0.15, 0.2) is 0 Å². The maximum atomic E-state index is 12.3. The fourth-order valence-corrected chi connectivity index (χ4v) is 3.69. The molecule has 1 saturated heterocycles. The molecule has 2 rings (SSSR count). The Hall–Kier alpha value is -0.650. The lowest BCUT2D eigenvalue weighted by Crippen LogP contribution is -2.47. The van der Waals surface area contributed by atoms with E-state index in [1.54, 1.807) is 4.90 Å². The number of hydrogen-bond acceptors (Lipinski definition) is 4. The number of likely N-dealkylation sites (N-methyl/N-ethyl adjacent to an activating group) is 1. The fraction of sp³-hybridized carbons (Fsp3) is 0.938. The van der Waals surface area contributed by atoms with Gasteiger partial charge >= 0.3 is 0 Å². The van der Waals surface area contributed by atoms with Crippen LogP contribution in [0.1, 0.15) is 32.1 Å². The molecule has 0 aromatic heterocycles. The van der Waals surface area contributed by atoms with Gasteiger partial charge in [-0.25, -0.2) is 0 Å². The summed E-state index contributed by atoms with van der Waals surface area (Å²) in [6.07, 6.45) is 5.32. The topological polar surface area (TPSA) is 47.0 Å². The Labute approximate surface area is 128 Å². The van der Waals surface area contributed by atoms with Crippen molar-refractivity contribution in [3.05, 3.63) is 0 Å². The second-order valence-corrected chi connectivity index (χ2v) is 7.21. The van der Waals surface area contributed by atoms with Crippen LogP contribution in [0.15, 0.2) is 0 Å². The normalized spacial score (nSPS) is 28.1. The van der Waals surface area contributed by atoms with E-state index in [9.17, 15) is 9.90 Å². The van der Waals surface area contributed by atoms with Crippen LogP contribution >= 0.6 is 0 Å². The first-order chi connectivity index (χ1) is 9.89. The molecule has 1 heterocycles. The molecular formula is C16H31N3O2. The second-order valence-electron chi connectivity index (χ2n) is 7.21. The summed E-state index contributed by atoms with van der Waals surface area (Å²) < 4.78 is 0. The third-order valence-electron chi connectivity index (χ3n) is 4.90. The highest BCUT2D eigenvalue weighted by atomic mass is 16.3. The van der Waals surface area contributed by atoms with Crippen molar-refractivity contribution in [3.63, 3.8) is 0 Å². The Balaban J connectivity index is 1.99. The molecule has 0 radical (unpaired) electrons. The minimum atomic E-state index is -0.535. The van der Waals surface area contributed by atoms with Gasteiger partial charge < -0.3 is 14.9 Å². The number of amides is 1. The Morgan fingerprint density at radius 2 is 1.86 bits per heavy atom. The largest absolute Gasteiger partial charge is 0.389 e. The molecule has 1 aliphatic carbocycles. The summed E-state index contributed by atoms with van der Waals surface area (Å²) in [5.74, 6) is 0.212. The summed E-state index contributed by atoms with van der Waals surface area (Å²) in [5, 5.41) is 10.8. The van der Waals surface area contributed by atoms with Gasteiger partial charge in [0.25, 0.3) is 0 Å². The molecule has 5 nitrogen and oxygen atoms in total. The SMILES string of the molecule is CN1CCN(CC2(O)CCCCC2)C[C@@H](C(=O)N(C)C)C1. The van der Waals surface area contributed by atoms with Crippen molar-refractivity contribution in [2.45, 2.75) is 37.7 Å². The van der Waals surface area contributed by atoms with Crippen LogP contribution in [0.2, 0.25) is 0 Å². The van der Waals surface area contributed by atoms with Gasteiger partial charge in [0, 0.05) is 46.8 Å². The van der Waals surface area contributed by atoms with Crippen molar-refractivity contribution in [1.29, 1.82) is 0 Å². The lowest BCUT2D eigenvalue weighted by molar-refractivity contribution is -0.134. The second kappa shape index (κ2) is 7.07. The quantitative estimate of drug-likeness (QED) is 0.830. The molecule has 5 heteroatoms. The van der Waals surface area contributed by atoms with Gasteiger partial charge in [0.05, 0.1) is 11.5 Å². The molecule has 21 heavy (non-hydrogen) atoms. The molecule has 122 valence electrons. The molecular weight excluding hydrogens is 266 g/mol. The van der Waals surface area contributed by atoms with E-state index in [0.29, 0.717) is 0 Å². The Morgan fingerprint density at radius 3 is 2.48 bits per heavy atom. The third-order valence-corrected chi connectivity index (χ3v) is 4.90. The first-order valence-corrected chi connectivity index (χ1v) is 8.24. The highest BCUT2D eigenvalue weighted by molar-refractivity contribution is 5.78. The van der Waals surface area contributed by atoms with Crippen LogP contribution in [0.4, 0.5) is 0 Å². The van der Waals surface area contributed by atoms with Gasteiger partial charge in [0.2, 0.25) is 5.91 Å². The summed E-state index contributed by atoms with van der Waals surface area (Å²) in [4.78, 5) is 18.6. The molecule has 1 saturated carbocycles. The summed E-state index contributed by atoms with van der Waals surface area (Å²) in [5.41, 5.74) is -0.535. The van der Waals surface area contributed by atoms with Crippen molar-refractivity contribution in [1.82, 2.24) is 14.7 Å². The van der Waals surface area contributed by atoms with E-state index in [1.165, 1.54) is 6.42 Å². The van der Waals surface area contributed by atoms with Crippen molar-refractivity contribution in [2.24, 2.45) is 5.92 Å². The number of carbonyl (C=O) groups excluding carboxylic acids is 1. The van der Waals surface area contributed by atoms with E-state index in [4.69, 9.17) is 0 Å². The number of aliphatic hydroxyl groups is 1. The molecule has 0 bridgehead atoms. The standard InChI is InChI=1S/C16H31N3O2/c1-17(2)15(20)14-11-18(3)9-10-19(12-14)13-16(21)7-5-4-6-8-16/h14,21H,4-13H2,1-3H3/t14-/m0/s1. The van der Waals surface area contributed by atoms with Gasteiger partial charge in [-0.1, -0.05) is 19.3 Å². The zero-order valence-corrected chi connectivity index (χ0v) is 13.8. The molecule has 1 N–H and O–H groups in total. The van der Waals surface area contributed by atoms with Crippen LogP contribution in [0, 0.1) is 5.92 Å². The Morgan fingerprint density at radius 1 is 1.19 bits per heavy atom. The van der Waals surface area contributed by atoms with E-state index < -0.39 is 5.60 Å². The predicted molar refractivity (Wildman–Crippen MR) is 84.2 cm³/mol. The lowest BCUT2D eigenvalue weighted by Gasteiger charge is -2.37. The van der Waals surface area contributed by atoms with Crippen LogP contribution in [0.5, 0.6) is 0 Å². The molecule has 0 aromatic rings.